The number of aromatic nitrogens is 4. The molecule has 0 spiro atoms. The van der Waals surface area contributed by atoms with Gasteiger partial charge in [-0.25, -0.2) is 0 Å². The minimum Gasteiger partial charge on any atom is -0.493 e. The van der Waals surface area contributed by atoms with Gasteiger partial charge in [0.05, 0.1) is 24.4 Å². The Morgan fingerprint density at radius 1 is 1.26 bits per heavy atom. The zero-order valence-corrected chi connectivity index (χ0v) is 13.2. The lowest BCUT2D eigenvalue weighted by Crippen LogP contribution is -2.10. The maximum absolute atomic E-state index is 5.83. The first-order valence-electron chi connectivity index (χ1n) is 8.04. The van der Waals surface area contributed by atoms with Crippen LogP contribution in [-0.4, -0.2) is 39.8 Å². The van der Waals surface area contributed by atoms with Crippen molar-refractivity contribution in [3.63, 3.8) is 0 Å². The second kappa shape index (κ2) is 6.04. The molecule has 0 radical (unpaired) electrons. The van der Waals surface area contributed by atoms with Crippen molar-refractivity contribution in [2.45, 2.75) is 25.8 Å². The molecule has 3 heterocycles. The Kier molecular flexibility index (Phi) is 3.75. The molecule has 0 fully saturated rings. The normalized spacial score (nSPS) is 19.3. The van der Waals surface area contributed by atoms with Gasteiger partial charge in [-0.15, -0.1) is 0 Å². The molecule has 6 heteroatoms. The van der Waals surface area contributed by atoms with Crippen LogP contribution in [-0.2, 0) is 4.74 Å². The number of H-pyrrole nitrogens is 1. The first kappa shape index (κ1) is 14.3. The third-order valence-corrected chi connectivity index (χ3v) is 4.24. The lowest BCUT2D eigenvalue weighted by atomic mass is 10.1. The highest BCUT2D eigenvalue weighted by Gasteiger charge is 2.14. The molecule has 0 aliphatic carbocycles. The molecule has 1 aromatic carbocycles. The monoisotopic (exact) mass is 312 g/mol. The molecular formula is C17H20N4O2. The average molecular weight is 312 g/mol. The topological polar surface area (TPSA) is 65.0 Å². The fraction of sp³-hybridized carbons (Fsp3) is 0.412. The third kappa shape index (κ3) is 2.82. The van der Waals surface area contributed by atoms with Gasteiger partial charge < -0.3 is 9.47 Å². The summed E-state index contributed by atoms with van der Waals surface area (Å²) in [7, 11) is 0. The van der Waals surface area contributed by atoms with Gasteiger partial charge in [-0.2, -0.15) is 10.2 Å². The summed E-state index contributed by atoms with van der Waals surface area (Å²) in [5.74, 6) is 0.857. The smallest absolute Gasteiger partial charge is 0.120 e. The Balaban J connectivity index is 1.77. The predicted molar refractivity (Wildman–Crippen MR) is 87.6 cm³/mol. The van der Waals surface area contributed by atoms with E-state index in [1.54, 1.807) is 0 Å². The number of rotatable bonds is 0. The van der Waals surface area contributed by atoms with Gasteiger partial charge in [0.15, 0.2) is 0 Å². The molecule has 23 heavy (non-hydrogen) atoms. The largest absolute Gasteiger partial charge is 0.493 e. The van der Waals surface area contributed by atoms with Gasteiger partial charge in [0.25, 0.3) is 0 Å². The quantitative estimate of drug-likeness (QED) is 0.692. The number of nitrogens with zero attached hydrogens (tertiary/aromatic N) is 3. The van der Waals surface area contributed by atoms with Crippen LogP contribution in [0.1, 0.15) is 25.8 Å². The molecule has 6 nitrogen and oxygen atoms in total. The molecule has 120 valence electrons. The summed E-state index contributed by atoms with van der Waals surface area (Å²) in [5.41, 5.74) is 2.92. The molecule has 1 aliphatic rings. The Morgan fingerprint density at radius 2 is 2.22 bits per heavy atom. The third-order valence-electron chi connectivity index (χ3n) is 4.24. The number of fused-ring (bicyclic) bond motifs is 4. The van der Waals surface area contributed by atoms with E-state index in [0.717, 1.165) is 54.0 Å². The van der Waals surface area contributed by atoms with Crippen molar-refractivity contribution in [3.8, 4) is 17.0 Å². The molecule has 2 aromatic heterocycles. The van der Waals surface area contributed by atoms with Gasteiger partial charge in [0, 0.05) is 36.8 Å². The zero-order valence-electron chi connectivity index (χ0n) is 13.2. The highest BCUT2D eigenvalue weighted by molar-refractivity contribution is 5.93. The molecule has 1 aliphatic heterocycles. The number of benzene rings is 1. The van der Waals surface area contributed by atoms with Crippen molar-refractivity contribution in [1.82, 2.24) is 20.0 Å². The summed E-state index contributed by atoms with van der Waals surface area (Å²) in [4.78, 5) is 0. The van der Waals surface area contributed by atoms with E-state index in [4.69, 9.17) is 9.47 Å². The fourth-order valence-corrected chi connectivity index (χ4v) is 2.84. The first-order valence-corrected chi connectivity index (χ1v) is 8.04. The summed E-state index contributed by atoms with van der Waals surface area (Å²) in [6, 6.07) is 6.30. The summed E-state index contributed by atoms with van der Waals surface area (Å²) >= 11 is 0. The molecule has 0 amide bonds. The van der Waals surface area contributed by atoms with E-state index in [-0.39, 0.29) is 0 Å². The van der Waals surface area contributed by atoms with E-state index in [1.165, 1.54) is 0 Å². The number of nitrogens with one attached hydrogen (secondary N) is 1. The molecule has 1 N–H and O–H groups in total. The Morgan fingerprint density at radius 3 is 3.17 bits per heavy atom. The van der Waals surface area contributed by atoms with Crippen LogP contribution < -0.4 is 4.74 Å². The first-order chi connectivity index (χ1) is 11.3. The van der Waals surface area contributed by atoms with Gasteiger partial charge in [-0.1, -0.05) is 0 Å². The molecule has 0 saturated carbocycles. The van der Waals surface area contributed by atoms with E-state index in [2.05, 4.69) is 22.2 Å². The standard InChI is InChI=1S/C17H20N4O2/c1-12-5-8-22-6-2-7-23-14-3-4-16-15(9-14)17(20-19-16)13-10-18-21(12)11-13/h3-4,9-12H,2,5-8H2,1H3,(H,19,20)/t12-/m1/s1. The minimum absolute atomic E-state index is 0.297. The fourth-order valence-electron chi connectivity index (χ4n) is 2.84. The molecular weight excluding hydrogens is 292 g/mol. The summed E-state index contributed by atoms with van der Waals surface area (Å²) in [6.45, 7) is 4.26. The highest BCUT2D eigenvalue weighted by atomic mass is 16.5. The van der Waals surface area contributed by atoms with Crippen molar-refractivity contribution in [2.24, 2.45) is 0 Å². The van der Waals surface area contributed by atoms with Gasteiger partial charge in [0.1, 0.15) is 11.4 Å². The van der Waals surface area contributed by atoms with Crippen LogP contribution in [0.15, 0.2) is 30.6 Å². The summed E-state index contributed by atoms with van der Waals surface area (Å²) in [6.07, 6.45) is 5.74. The molecule has 0 saturated heterocycles. The van der Waals surface area contributed by atoms with E-state index in [1.807, 2.05) is 35.3 Å². The van der Waals surface area contributed by atoms with E-state index < -0.39 is 0 Å². The van der Waals surface area contributed by atoms with Crippen LogP contribution in [0.2, 0.25) is 0 Å². The van der Waals surface area contributed by atoms with Crippen molar-refractivity contribution in [1.29, 1.82) is 0 Å². The van der Waals surface area contributed by atoms with E-state index >= 15 is 0 Å². The van der Waals surface area contributed by atoms with E-state index in [0.29, 0.717) is 12.6 Å². The Labute approximate surface area is 134 Å². The molecule has 3 aromatic rings. The lowest BCUT2D eigenvalue weighted by molar-refractivity contribution is 0.108. The number of hydrogen-bond acceptors (Lipinski definition) is 4. The summed E-state index contributed by atoms with van der Waals surface area (Å²) in [5, 5.41) is 13.1. The minimum atomic E-state index is 0.297. The van der Waals surface area contributed by atoms with Crippen LogP contribution in [0.25, 0.3) is 22.2 Å². The average Bonchev–Trinajstić information content (AvgIpc) is 3.19. The maximum atomic E-state index is 5.83. The van der Waals surface area contributed by atoms with Crippen LogP contribution in [0.3, 0.4) is 0 Å². The maximum Gasteiger partial charge on any atom is 0.120 e. The van der Waals surface area contributed by atoms with Crippen molar-refractivity contribution < 1.29 is 9.47 Å². The lowest BCUT2D eigenvalue weighted by Gasteiger charge is -2.12. The number of aromatic amines is 1. The second-order valence-electron chi connectivity index (χ2n) is 5.94. The zero-order chi connectivity index (χ0) is 15.6. The predicted octanol–water partition coefficient (Wildman–Crippen LogP) is 3.18. The number of ether oxygens (including phenoxy) is 2. The van der Waals surface area contributed by atoms with Crippen LogP contribution in [0.4, 0.5) is 0 Å². The van der Waals surface area contributed by atoms with Gasteiger partial charge in [-0.05, 0) is 31.5 Å². The SMILES string of the molecule is C[C@@H]1CCOCCCOc2ccc3[nH]nc(c3c2)-c2cnn1c2. The van der Waals surface area contributed by atoms with Crippen LogP contribution in [0.5, 0.6) is 5.75 Å². The van der Waals surface area contributed by atoms with E-state index in [9.17, 15) is 0 Å². The molecule has 4 bridgehead atoms. The molecule has 0 unspecified atom stereocenters. The van der Waals surface area contributed by atoms with Crippen LogP contribution in [0, 0.1) is 0 Å². The second-order valence-corrected chi connectivity index (χ2v) is 5.94. The molecule has 1 atom stereocenters. The van der Waals surface area contributed by atoms with Gasteiger partial charge in [-0.3, -0.25) is 9.78 Å². The Bertz CT molecular complexity index is 808. The highest BCUT2D eigenvalue weighted by Crippen LogP contribution is 2.29. The van der Waals surface area contributed by atoms with Crippen molar-refractivity contribution in [3.05, 3.63) is 30.6 Å². The Hall–Kier alpha value is -2.34. The van der Waals surface area contributed by atoms with Gasteiger partial charge in [0.2, 0.25) is 0 Å². The molecule has 4 rings (SSSR count). The van der Waals surface area contributed by atoms with Crippen molar-refractivity contribution >= 4 is 10.9 Å². The van der Waals surface area contributed by atoms with Gasteiger partial charge >= 0.3 is 0 Å². The van der Waals surface area contributed by atoms with Crippen LogP contribution >= 0.6 is 0 Å². The number of hydrogen-bond donors (Lipinski definition) is 1. The summed E-state index contributed by atoms with van der Waals surface area (Å²) < 4.78 is 13.5. The van der Waals surface area contributed by atoms with Crippen molar-refractivity contribution in [2.75, 3.05) is 19.8 Å².